The van der Waals surface area contributed by atoms with Gasteiger partial charge in [0.25, 0.3) is 0 Å². The van der Waals surface area contributed by atoms with Gasteiger partial charge in [0, 0.05) is 11.9 Å². The fourth-order valence-corrected chi connectivity index (χ4v) is 0.204. The molecule has 0 amide bonds. The molecule has 0 aliphatic heterocycles. The van der Waals surface area contributed by atoms with Crippen molar-refractivity contribution >= 4 is 11.9 Å². The lowest BCUT2D eigenvalue weighted by molar-refractivity contribution is -0.306. The molecule has 0 saturated carbocycles. The molecule has 0 unspecified atom stereocenters. The normalized spacial score (nSPS) is 6.62. The molecule has 0 atom stereocenters. The van der Waals surface area contributed by atoms with E-state index in [-0.39, 0.29) is 25.1 Å². The SMILES string of the molecule is CCC(=O)[O-].CCCC(=O)[O-].[NH4+].[NH4+]. The Bertz CT molecular complexity index is 128. The average Bonchev–Trinajstić information content (AvgIpc) is 1.89. The third kappa shape index (κ3) is 57.2. The second-order valence-electron chi connectivity index (χ2n) is 1.85. The highest BCUT2D eigenvalue weighted by molar-refractivity contribution is 5.64. The number of carbonyl (C=O) groups is 2. The Balaban J connectivity index is -0.0000000546. The Morgan fingerprint density at radius 2 is 1.31 bits per heavy atom. The van der Waals surface area contributed by atoms with Gasteiger partial charge in [-0.05, 0) is 12.8 Å². The molecule has 0 aliphatic rings. The van der Waals surface area contributed by atoms with Crippen molar-refractivity contribution < 1.29 is 19.8 Å². The minimum Gasteiger partial charge on any atom is -0.550 e. The van der Waals surface area contributed by atoms with Crippen molar-refractivity contribution in [3.8, 4) is 0 Å². The van der Waals surface area contributed by atoms with Gasteiger partial charge < -0.3 is 32.1 Å². The van der Waals surface area contributed by atoms with Crippen molar-refractivity contribution in [3.05, 3.63) is 0 Å². The number of aliphatic carboxylic acids is 2. The summed E-state index contributed by atoms with van der Waals surface area (Å²) in [4.78, 5) is 18.7. The maximum absolute atomic E-state index is 9.49. The maximum atomic E-state index is 9.49. The summed E-state index contributed by atoms with van der Waals surface area (Å²) in [5.41, 5.74) is 0. The van der Waals surface area contributed by atoms with E-state index in [0.29, 0.717) is 6.42 Å². The highest BCUT2D eigenvalue weighted by Crippen LogP contribution is 1.79. The molecule has 0 rings (SSSR count). The fourth-order valence-electron chi connectivity index (χ4n) is 0.204. The van der Waals surface area contributed by atoms with Crippen LogP contribution in [0.5, 0.6) is 0 Å². The molecule has 13 heavy (non-hydrogen) atoms. The number of carboxylic acids is 2. The zero-order valence-corrected chi connectivity index (χ0v) is 8.75. The molecule has 0 aromatic heterocycles. The maximum Gasteiger partial charge on any atom is 0.0414 e. The lowest BCUT2D eigenvalue weighted by Crippen LogP contribution is -2.20. The quantitative estimate of drug-likeness (QED) is 0.620. The van der Waals surface area contributed by atoms with Crippen LogP contribution < -0.4 is 22.5 Å². The van der Waals surface area contributed by atoms with Crippen LogP contribution in [0.15, 0.2) is 0 Å². The molecule has 0 aromatic rings. The third-order valence-corrected chi connectivity index (χ3v) is 0.743. The molecule has 6 nitrogen and oxygen atoms in total. The van der Waals surface area contributed by atoms with Gasteiger partial charge in [-0.15, -0.1) is 0 Å². The first kappa shape index (κ1) is 22.6. The zero-order chi connectivity index (χ0) is 9.28. The molecular weight excluding hydrogens is 176 g/mol. The average molecular weight is 196 g/mol. The fraction of sp³-hybridized carbons (Fsp3) is 0.714. The van der Waals surface area contributed by atoms with Crippen LogP contribution in [0.25, 0.3) is 0 Å². The predicted molar refractivity (Wildman–Crippen MR) is 47.2 cm³/mol. The van der Waals surface area contributed by atoms with Gasteiger partial charge in [0.15, 0.2) is 0 Å². The summed E-state index contributed by atoms with van der Waals surface area (Å²) in [5, 5.41) is 18.7. The Morgan fingerprint density at radius 3 is 1.31 bits per heavy atom. The van der Waals surface area contributed by atoms with Gasteiger partial charge in [0.05, 0.1) is 0 Å². The number of hydrogen-bond donors (Lipinski definition) is 2. The monoisotopic (exact) mass is 196 g/mol. The van der Waals surface area contributed by atoms with E-state index in [2.05, 4.69) is 0 Å². The standard InChI is InChI=1S/C4H8O2.C3H6O2.2H3N/c1-2-3-4(5)6;1-2-3(4)5;;/h2-3H2,1H3,(H,5,6);2H2,1H3,(H,4,5);2*1H3. The zero-order valence-electron chi connectivity index (χ0n) is 8.75. The first-order valence-electron chi connectivity index (χ1n) is 3.44. The lowest BCUT2D eigenvalue weighted by atomic mass is 10.4. The minimum atomic E-state index is -0.995. The van der Waals surface area contributed by atoms with Gasteiger partial charge in [-0.3, -0.25) is 0 Å². The van der Waals surface area contributed by atoms with E-state index in [0.717, 1.165) is 0 Å². The summed E-state index contributed by atoms with van der Waals surface area (Å²) in [5.74, 6) is -1.96. The van der Waals surface area contributed by atoms with Crippen molar-refractivity contribution in [2.45, 2.75) is 33.1 Å². The highest BCUT2D eigenvalue weighted by Gasteiger charge is 1.75. The van der Waals surface area contributed by atoms with E-state index in [1.165, 1.54) is 6.92 Å². The second-order valence-corrected chi connectivity index (χ2v) is 1.85. The van der Waals surface area contributed by atoms with Crippen LogP contribution in [0, 0.1) is 0 Å². The van der Waals surface area contributed by atoms with Crippen LogP contribution in [0.2, 0.25) is 0 Å². The van der Waals surface area contributed by atoms with Crippen molar-refractivity contribution in [1.82, 2.24) is 12.3 Å². The first-order valence-corrected chi connectivity index (χ1v) is 3.44. The molecule has 0 saturated heterocycles. The molecule has 82 valence electrons. The summed E-state index contributed by atoms with van der Waals surface area (Å²) in [6, 6.07) is 0. The van der Waals surface area contributed by atoms with Gasteiger partial charge in [0.2, 0.25) is 0 Å². The smallest absolute Gasteiger partial charge is 0.0414 e. The summed E-state index contributed by atoms with van der Waals surface area (Å²) in [7, 11) is 0. The second kappa shape index (κ2) is 17.1. The van der Waals surface area contributed by atoms with Crippen molar-refractivity contribution in [2.24, 2.45) is 0 Å². The molecule has 6 heteroatoms. The number of carboxylic acid groups (broad SMARTS) is 2. The first-order chi connectivity index (χ1) is 5.04. The van der Waals surface area contributed by atoms with Crippen molar-refractivity contribution in [2.75, 3.05) is 0 Å². The van der Waals surface area contributed by atoms with E-state index in [4.69, 9.17) is 0 Å². The Morgan fingerprint density at radius 1 is 1.00 bits per heavy atom. The van der Waals surface area contributed by atoms with E-state index in [1.807, 2.05) is 0 Å². The van der Waals surface area contributed by atoms with Crippen LogP contribution in [0.3, 0.4) is 0 Å². The molecule has 8 N–H and O–H groups in total. The van der Waals surface area contributed by atoms with E-state index < -0.39 is 11.9 Å². The lowest BCUT2D eigenvalue weighted by Gasteiger charge is -1.92. The molecule has 0 bridgehead atoms. The number of quaternary nitrogens is 2. The van der Waals surface area contributed by atoms with Gasteiger partial charge in [-0.25, -0.2) is 0 Å². The van der Waals surface area contributed by atoms with Crippen LogP contribution in [-0.2, 0) is 9.59 Å². The van der Waals surface area contributed by atoms with Gasteiger partial charge in [-0.1, -0.05) is 20.3 Å². The summed E-state index contributed by atoms with van der Waals surface area (Å²) in [6.07, 6.45) is 0.961. The van der Waals surface area contributed by atoms with Gasteiger partial charge >= 0.3 is 0 Å². The summed E-state index contributed by atoms with van der Waals surface area (Å²) in [6.45, 7) is 3.34. The Kier molecular flexibility index (Phi) is 29.8. The predicted octanol–water partition coefficient (Wildman–Crippen LogP) is -0.565. The molecule has 0 heterocycles. The topological polar surface area (TPSA) is 153 Å². The molecule has 0 fully saturated rings. The van der Waals surface area contributed by atoms with Crippen molar-refractivity contribution in [3.63, 3.8) is 0 Å². The molecular formula is C7H20N2O4. The van der Waals surface area contributed by atoms with Gasteiger partial charge in [-0.2, -0.15) is 0 Å². The van der Waals surface area contributed by atoms with Crippen LogP contribution >= 0.6 is 0 Å². The highest BCUT2D eigenvalue weighted by atomic mass is 16.4. The summed E-state index contributed by atoms with van der Waals surface area (Å²) < 4.78 is 0. The third-order valence-electron chi connectivity index (χ3n) is 0.743. The van der Waals surface area contributed by atoms with E-state index in [1.54, 1.807) is 6.92 Å². The summed E-state index contributed by atoms with van der Waals surface area (Å²) >= 11 is 0. The van der Waals surface area contributed by atoms with E-state index >= 15 is 0 Å². The molecule has 0 spiro atoms. The van der Waals surface area contributed by atoms with E-state index in [9.17, 15) is 19.8 Å². The largest absolute Gasteiger partial charge is 0.550 e. The van der Waals surface area contributed by atoms with Crippen LogP contribution in [0.4, 0.5) is 0 Å². The van der Waals surface area contributed by atoms with Crippen LogP contribution in [-0.4, -0.2) is 11.9 Å². The molecule has 0 radical (unpaired) electrons. The Labute approximate surface area is 78.1 Å². The number of rotatable bonds is 3. The molecule has 0 aliphatic carbocycles. The molecule has 0 aromatic carbocycles. The Hall–Kier alpha value is -1.14. The number of hydrogen-bond acceptors (Lipinski definition) is 4. The minimum absolute atomic E-state index is 0. The van der Waals surface area contributed by atoms with Crippen molar-refractivity contribution in [1.29, 1.82) is 0 Å². The van der Waals surface area contributed by atoms with Crippen LogP contribution in [0.1, 0.15) is 33.1 Å². The van der Waals surface area contributed by atoms with Gasteiger partial charge in [0.1, 0.15) is 0 Å². The number of carbonyl (C=O) groups excluding carboxylic acids is 2.